The molecule has 0 radical (unpaired) electrons. The molecule has 20 heavy (non-hydrogen) atoms. The summed E-state index contributed by atoms with van der Waals surface area (Å²) in [6.45, 7) is 3.97. The Bertz CT molecular complexity index is 777. The SMILES string of the molecule is Cc1nc2ccc(NC(=O)c3cccnc3)cn2c1C. The van der Waals surface area contributed by atoms with E-state index in [2.05, 4.69) is 15.3 Å². The van der Waals surface area contributed by atoms with Crippen molar-refractivity contribution in [1.82, 2.24) is 14.4 Å². The summed E-state index contributed by atoms with van der Waals surface area (Å²) in [5.41, 5.74) is 4.19. The Kier molecular flexibility index (Phi) is 2.95. The minimum atomic E-state index is -0.174. The van der Waals surface area contributed by atoms with Gasteiger partial charge in [0.15, 0.2) is 0 Å². The number of hydrogen-bond acceptors (Lipinski definition) is 3. The van der Waals surface area contributed by atoms with Crippen LogP contribution < -0.4 is 5.32 Å². The number of amides is 1. The molecule has 3 heterocycles. The van der Waals surface area contributed by atoms with Crippen molar-refractivity contribution >= 4 is 17.2 Å². The van der Waals surface area contributed by atoms with Gasteiger partial charge >= 0.3 is 0 Å². The van der Waals surface area contributed by atoms with E-state index >= 15 is 0 Å². The van der Waals surface area contributed by atoms with Crippen LogP contribution in [0.3, 0.4) is 0 Å². The van der Waals surface area contributed by atoms with Crippen molar-refractivity contribution in [2.45, 2.75) is 13.8 Å². The summed E-state index contributed by atoms with van der Waals surface area (Å²) in [6, 6.07) is 7.20. The van der Waals surface area contributed by atoms with Crippen LogP contribution in [-0.4, -0.2) is 20.3 Å². The third-order valence-corrected chi connectivity index (χ3v) is 3.28. The molecule has 0 saturated heterocycles. The number of carbonyl (C=O) groups is 1. The van der Waals surface area contributed by atoms with Crippen molar-refractivity contribution in [3.8, 4) is 0 Å². The Morgan fingerprint density at radius 1 is 1.25 bits per heavy atom. The molecular formula is C15H14N4O. The highest BCUT2D eigenvalue weighted by Gasteiger charge is 2.08. The number of rotatable bonds is 2. The van der Waals surface area contributed by atoms with Crippen LogP contribution in [0.2, 0.25) is 0 Å². The van der Waals surface area contributed by atoms with Gasteiger partial charge in [0.25, 0.3) is 5.91 Å². The maximum atomic E-state index is 12.1. The fourth-order valence-electron chi connectivity index (χ4n) is 2.05. The summed E-state index contributed by atoms with van der Waals surface area (Å²) in [7, 11) is 0. The summed E-state index contributed by atoms with van der Waals surface area (Å²) in [6.07, 6.45) is 5.06. The van der Waals surface area contributed by atoms with Crippen molar-refractivity contribution in [2.24, 2.45) is 0 Å². The molecule has 100 valence electrons. The highest BCUT2D eigenvalue weighted by molar-refractivity contribution is 6.03. The third kappa shape index (κ3) is 2.14. The number of anilines is 1. The Hall–Kier alpha value is -2.69. The van der Waals surface area contributed by atoms with Crippen molar-refractivity contribution in [3.63, 3.8) is 0 Å². The molecule has 0 atom stereocenters. The maximum Gasteiger partial charge on any atom is 0.257 e. The lowest BCUT2D eigenvalue weighted by atomic mass is 10.2. The Morgan fingerprint density at radius 2 is 2.10 bits per heavy atom. The molecule has 3 aromatic rings. The minimum absolute atomic E-state index is 0.174. The van der Waals surface area contributed by atoms with E-state index < -0.39 is 0 Å². The summed E-state index contributed by atoms with van der Waals surface area (Å²) in [5.74, 6) is -0.174. The van der Waals surface area contributed by atoms with Crippen molar-refractivity contribution in [3.05, 3.63) is 59.8 Å². The fourth-order valence-corrected chi connectivity index (χ4v) is 2.05. The number of aromatic nitrogens is 3. The molecule has 0 fully saturated rings. The van der Waals surface area contributed by atoms with Gasteiger partial charge in [-0.3, -0.25) is 9.78 Å². The second-order valence-corrected chi connectivity index (χ2v) is 4.62. The van der Waals surface area contributed by atoms with Gasteiger partial charge in [0, 0.05) is 24.3 Å². The molecule has 0 unspecified atom stereocenters. The molecule has 1 amide bonds. The molecule has 5 nitrogen and oxygen atoms in total. The highest BCUT2D eigenvalue weighted by atomic mass is 16.1. The first kappa shape index (κ1) is 12.3. The maximum absolute atomic E-state index is 12.1. The zero-order valence-electron chi connectivity index (χ0n) is 11.3. The van der Waals surface area contributed by atoms with Gasteiger partial charge in [0.1, 0.15) is 5.65 Å². The monoisotopic (exact) mass is 266 g/mol. The highest BCUT2D eigenvalue weighted by Crippen LogP contribution is 2.15. The van der Waals surface area contributed by atoms with Crippen molar-refractivity contribution in [2.75, 3.05) is 5.32 Å². The topological polar surface area (TPSA) is 59.3 Å². The molecule has 0 aliphatic heterocycles. The molecule has 0 spiro atoms. The van der Waals surface area contributed by atoms with E-state index in [1.807, 2.05) is 36.6 Å². The number of fused-ring (bicyclic) bond motifs is 1. The molecule has 0 aromatic carbocycles. The van der Waals surface area contributed by atoms with Gasteiger partial charge in [0.2, 0.25) is 0 Å². The Balaban J connectivity index is 1.91. The molecule has 1 N–H and O–H groups in total. The standard InChI is InChI=1S/C15H14N4O/c1-10-11(2)19-9-13(5-6-14(19)17-10)18-15(20)12-4-3-7-16-8-12/h3-9H,1-2H3,(H,18,20). The van der Waals surface area contributed by atoms with E-state index in [9.17, 15) is 4.79 Å². The number of nitrogens with zero attached hydrogens (tertiary/aromatic N) is 3. The van der Waals surface area contributed by atoms with Crippen LogP contribution in [0.1, 0.15) is 21.7 Å². The predicted molar refractivity (Wildman–Crippen MR) is 76.9 cm³/mol. The minimum Gasteiger partial charge on any atom is -0.321 e. The molecule has 0 aliphatic rings. The summed E-state index contributed by atoms with van der Waals surface area (Å²) >= 11 is 0. The van der Waals surface area contributed by atoms with Crippen LogP contribution in [-0.2, 0) is 0 Å². The van der Waals surface area contributed by atoms with E-state index in [1.165, 1.54) is 0 Å². The molecule has 3 rings (SSSR count). The quantitative estimate of drug-likeness (QED) is 0.775. The number of pyridine rings is 2. The van der Waals surface area contributed by atoms with Gasteiger partial charge in [-0.1, -0.05) is 0 Å². The van der Waals surface area contributed by atoms with Crippen LogP contribution in [0.15, 0.2) is 42.9 Å². The lowest BCUT2D eigenvalue weighted by molar-refractivity contribution is 0.102. The Morgan fingerprint density at radius 3 is 2.85 bits per heavy atom. The van der Waals surface area contributed by atoms with Gasteiger partial charge in [-0.2, -0.15) is 0 Å². The fraction of sp³-hybridized carbons (Fsp3) is 0.133. The van der Waals surface area contributed by atoms with Crippen LogP contribution in [0.4, 0.5) is 5.69 Å². The Labute approximate surface area is 116 Å². The zero-order valence-corrected chi connectivity index (χ0v) is 11.3. The van der Waals surface area contributed by atoms with Crippen LogP contribution in [0.25, 0.3) is 5.65 Å². The van der Waals surface area contributed by atoms with Crippen LogP contribution in [0.5, 0.6) is 0 Å². The molecule has 5 heteroatoms. The lowest BCUT2D eigenvalue weighted by Crippen LogP contribution is -2.12. The van der Waals surface area contributed by atoms with Gasteiger partial charge in [-0.25, -0.2) is 4.98 Å². The summed E-state index contributed by atoms with van der Waals surface area (Å²) < 4.78 is 1.97. The van der Waals surface area contributed by atoms with Crippen LogP contribution >= 0.6 is 0 Å². The predicted octanol–water partition coefficient (Wildman–Crippen LogP) is 2.60. The van der Waals surface area contributed by atoms with E-state index in [-0.39, 0.29) is 5.91 Å². The third-order valence-electron chi connectivity index (χ3n) is 3.28. The second kappa shape index (κ2) is 4.77. The smallest absolute Gasteiger partial charge is 0.257 e. The zero-order chi connectivity index (χ0) is 14.1. The normalized spacial score (nSPS) is 10.7. The summed E-state index contributed by atoms with van der Waals surface area (Å²) in [5, 5.41) is 2.86. The average Bonchev–Trinajstić information content (AvgIpc) is 2.75. The summed E-state index contributed by atoms with van der Waals surface area (Å²) in [4.78, 5) is 20.4. The molecule has 0 aliphatic carbocycles. The number of hydrogen-bond donors (Lipinski definition) is 1. The van der Waals surface area contributed by atoms with Gasteiger partial charge in [-0.15, -0.1) is 0 Å². The molecule has 0 bridgehead atoms. The first-order chi connectivity index (χ1) is 9.65. The number of imidazole rings is 1. The first-order valence-corrected chi connectivity index (χ1v) is 6.32. The van der Waals surface area contributed by atoms with Crippen LogP contribution in [0, 0.1) is 13.8 Å². The van der Waals surface area contributed by atoms with E-state index in [0.717, 1.165) is 22.7 Å². The van der Waals surface area contributed by atoms with Crippen molar-refractivity contribution < 1.29 is 4.79 Å². The first-order valence-electron chi connectivity index (χ1n) is 6.32. The van der Waals surface area contributed by atoms with E-state index in [4.69, 9.17) is 0 Å². The molecule has 0 saturated carbocycles. The van der Waals surface area contributed by atoms with E-state index in [0.29, 0.717) is 5.56 Å². The molecular weight excluding hydrogens is 252 g/mol. The average molecular weight is 266 g/mol. The van der Waals surface area contributed by atoms with Gasteiger partial charge in [0.05, 0.1) is 16.9 Å². The number of nitrogens with one attached hydrogen (secondary N) is 1. The van der Waals surface area contributed by atoms with Gasteiger partial charge < -0.3 is 9.72 Å². The van der Waals surface area contributed by atoms with E-state index in [1.54, 1.807) is 24.5 Å². The van der Waals surface area contributed by atoms with Crippen molar-refractivity contribution in [1.29, 1.82) is 0 Å². The molecule has 3 aromatic heterocycles. The number of carbonyl (C=O) groups excluding carboxylic acids is 1. The second-order valence-electron chi connectivity index (χ2n) is 4.62. The van der Waals surface area contributed by atoms with Gasteiger partial charge in [-0.05, 0) is 38.1 Å². The lowest BCUT2D eigenvalue weighted by Gasteiger charge is -2.06. The largest absolute Gasteiger partial charge is 0.321 e. The number of aryl methyl sites for hydroxylation is 2.